The maximum Gasteiger partial charge on any atom is 0.410 e. The van der Waals surface area contributed by atoms with E-state index in [2.05, 4.69) is 0 Å². The molecule has 1 aromatic carbocycles. The number of carbonyl (C=O) groups is 2. The SMILES string of the molecule is COc1ccc(C2CCCN(C(=O)OC(C)(C)C)C2)cc1CC(=O)O. The van der Waals surface area contributed by atoms with E-state index in [0.29, 0.717) is 24.4 Å². The zero-order valence-corrected chi connectivity index (χ0v) is 15.4. The predicted molar refractivity (Wildman–Crippen MR) is 94.1 cm³/mol. The van der Waals surface area contributed by atoms with Crippen molar-refractivity contribution in [3.63, 3.8) is 0 Å². The van der Waals surface area contributed by atoms with Crippen LogP contribution in [0.15, 0.2) is 18.2 Å². The van der Waals surface area contributed by atoms with Gasteiger partial charge in [0.2, 0.25) is 0 Å². The van der Waals surface area contributed by atoms with Crippen molar-refractivity contribution in [3.05, 3.63) is 29.3 Å². The summed E-state index contributed by atoms with van der Waals surface area (Å²) in [4.78, 5) is 25.1. The molecule has 25 heavy (non-hydrogen) atoms. The lowest BCUT2D eigenvalue weighted by Gasteiger charge is -2.34. The molecule has 0 saturated carbocycles. The third-order valence-corrected chi connectivity index (χ3v) is 4.19. The molecule has 1 atom stereocenters. The van der Waals surface area contributed by atoms with Gasteiger partial charge >= 0.3 is 12.1 Å². The van der Waals surface area contributed by atoms with Gasteiger partial charge in [0.05, 0.1) is 13.5 Å². The van der Waals surface area contributed by atoms with E-state index in [1.165, 1.54) is 7.11 Å². The number of ether oxygens (including phenoxy) is 2. The Morgan fingerprint density at radius 3 is 2.64 bits per heavy atom. The number of benzene rings is 1. The molecule has 2 rings (SSSR count). The summed E-state index contributed by atoms with van der Waals surface area (Å²) in [6.07, 6.45) is 1.47. The zero-order chi connectivity index (χ0) is 18.6. The number of nitrogens with zero attached hydrogens (tertiary/aromatic N) is 1. The third kappa shape index (κ3) is 5.37. The second-order valence-electron chi connectivity index (χ2n) is 7.41. The second-order valence-corrected chi connectivity index (χ2v) is 7.41. The molecule has 1 fully saturated rings. The van der Waals surface area contributed by atoms with Gasteiger partial charge in [-0.15, -0.1) is 0 Å². The van der Waals surface area contributed by atoms with E-state index in [4.69, 9.17) is 14.6 Å². The molecule has 1 heterocycles. The van der Waals surface area contributed by atoms with Crippen molar-refractivity contribution in [2.24, 2.45) is 0 Å². The fourth-order valence-electron chi connectivity index (χ4n) is 3.10. The van der Waals surface area contributed by atoms with Gasteiger partial charge in [-0.3, -0.25) is 4.79 Å². The molecule has 1 aliphatic rings. The number of amides is 1. The molecule has 138 valence electrons. The summed E-state index contributed by atoms with van der Waals surface area (Å²) in [6.45, 7) is 6.83. The Bertz CT molecular complexity index is 635. The number of carboxylic acids is 1. The summed E-state index contributed by atoms with van der Waals surface area (Å²) >= 11 is 0. The normalized spacial score (nSPS) is 17.9. The Balaban J connectivity index is 2.15. The molecule has 1 saturated heterocycles. The number of hydrogen-bond acceptors (Lipinski definition) is 4. The summed E-state index contributed by atoms with van der Waals surface area (Å²) in [5.41, 5.74) is 1.17. The molecule has 1 aromatic rings. The van der Waals surface area contributed by atoms with Gasteiger partial charge in [-0.1, -0.05) is 12.1 Å². The Hall–Kier alpha value is -2.24. The van der Waals surface area contributed by atoms with Gasteiger partial charge in [-0.25, -0.2) is 4.79 Å². The van der Waals surface area contributed by atoms with Crippen LogP contribution in [0.3, 0.4) is 0 Å². The monoisotopic (exact) mass is 349 g/mol. The number of likely N-dealkylation sites (tertiary alicyclic amines) is 1. The largest absolute Gasteiger partial charge is 0.496 e. The topological polar surface area (TPSA) is 76.1 Å². The third-order valence-electron chi connectivity index (χ3n) is 4.19. The van der Waals surface area contributed by atoms with Crippen LogP contribution in [0.1, 0.15) is 50.7 Å². The van der Waals surface area contributed by atoms with E-state index < -0.39 is 11.6 Å². The molecule has 6 heteroatoms. The first-order chi connectivity index (χ1) is 11.7. The molecule has 0 radical (unpaired) electrons. The van der Waals surface area contributed by atoms with Crippen LogP contribution in [0.4, 0.5) is 4.79 Å². The van der Waals surface area contributed by atoms with Gasteiger partial charge in [0, 0.05) is 24.6 Å². The van der Waals surface area contributed by atoms with E-state index in [1.807, 2.05) is 32.9 Å². The number of aliphatic carboxylic acids is 1. The maximum atomic E-state index is 12.3. The molecule has 0 bridgehead atoms. The predicted octanol–water partition coefficient (Wildman–Crippen LogP) is 3.44. The summed E-state index contributed by atoms with van der Waals surface area (Å²) in [7, 11) is 1.53. The lowest BCUT2D eigenvalue weighted by atomic mass is 9.89. The van der Waals surface area contributed by atoms with E-state index in [1.54, 1.807) is 11.0 Å². The van der Waals surface area contributed by atoms with Crippen LogP contribution in [0.2, 0.25) is 0 Å². The molecular formula is C19H27NO5. The maximum absolute atomic E-state index is 12.3. The van der Waals surface area contributed by atoms with Crippen molar-refractivity contribution in [1.29, 1.82) is 0 Å². The molecule has 1 N–H and O–H groups in total. The number of hydrogen-bond donors (Lipinski definition) is 1. The van der Waals surface area contributed by atoms with E-state index in [-0.39, 0.29) is 18.4 Å². The van der Waals surface area contributed by atoms with Crippen LogP contribution in [-0.2, 0) is 16.0 Å². The Morgan fingerprint density at radius 1 is 1.32 bits per heavy atom. The van der Waals surface area contributed by atoms with Crippen molar-refractivity contribution in [3.8, 4) is 5.75 Å². The van der Waals surface area contributed by atoms with Crippen LogP contribution in [-0.4, -0.2) is 47.9 Å². The van der Waals surface area contributed by atoms with Gasteiger partial charge < -0.3 is 19.5 Å². The van der Waals surface area contributed by atoms with Crippen LogP contribution < -0.4 is 4.74 Å². The van der Waals surface area contributed by atoms with E-state index >= 15 is 0 Å². The van der Waals surface area contributed by atoms with E-state index in [9.17, 15) is 9.59 Å². The highest BCUT2D eigenvalue weighted by molar-refractivity contribution is 5.71. The summed E-state index contributed by atoms with van der Waals surface area (Å²) in [5, 5.41) is 9.09. The lowest BCUT2D eigenvalue weighted by molar-refractivity contribution is -0.136. The zero-order valence-electron chi connectivity index (χ0n) is 15.4. The Morgan fingerprint density at radius 2 is 2.04 bits per heavy atom. The van der Waals surface area contributed by atoms with Gasteiger partial charge in [0.25, 0.3) is 0 Å². The van der Waals surface area contributed by atoms with Crippen molar-refractivity contribution < 1.29 is 24.2 Å². The van der Waals surface area contributed by atoms with Crippen LogP contribution in [0.5, 0.6) is 5.75 Å². The average Bonchev–Trinajstić information content (AvgIpc) is 2.53. The van der Waals surface area contributed by atoms with Crippen LogP contribution in [0, 0.1) is 0 Å². The quantitative estimate of drug-likeness (QED) is 0.901. The van der Waals surface area contributed by atoms with Gasteiger partial charge in [-0.05, 0) is 45.2 Å². The average molecular weight is 349 g/mol. The minimum atomic E-state index is -0.894. The minimum Gasteiger partial charge on any atom is -0.496 e. The summed E-state index contributed by atoms with van der Waals surface area (Å²) in [6, 6.07) is 5.64. The molecule has 6 nitrogen and oxygen atoms in total. The number of piperidine rings is 1. The fourth-order valence-corrected chi connectivity index (χ4v) is 3.10. The first-order valence-corrected chi connectivity index (χ1v) is 8.56. The van der Waals surface area contributed by atoms with Crippen molar-refractivity contribution in [1.82, 2.24) is 4.90 Å². The Labute approximate surface area is 148 Å². The van der Waals surface area contributed by atoms with Crippen molar-refractivity contribution in [2.45, 2.75) is 51.6 Å². The highest BCUT2D eigenvalue weighted by Crippen LogP contribution is 2.31. The van der Waals surface area contributed by atoms with Gasteiger partial charge in [0.15, 0.2) is 0 Å². The van der Waals surface area contributed by atoms with Gasteiger partial charge in [0.1, 0.15) is 11.4 Å². The van der Waals surface area contributed by atoms with Crippen molar-refractivity contribution in [2.75, 3.05) is 20.2 Å². The number of methoxy groups -OCH3 is 1. The minimum absolute atomic E-state index is 0.0838. The standard InChI is InChI=1S/C19H27NO5/c1-19(2,3)25-18(23)20-9-5-6-14(12-20)13-7-8-16(24-4)15(10-13)11-17(21)22/h7-8,10,14H,5-6,9,11-12H2,1-4H3,(H,21,22). The van der Waals surface area contributed by atoms with Crippen LogP contribution >= 0.6 is 0 Å². The first-order valence-electron chi connectivity index (χ1n) is 8.56. The highest BCUT2D eigenvalue weighted by atomic mass is 16.6. The molecule has 1 amide bonds. The molecular weight excluding hydrogens is 322 g/mol. The van der Waals surface area contributed by atoms with Crippen LogP contribution in [0.25, 0.3) is 0 Å². The molecule has 1 unspecified atom stereocenters. The molecule has 0 aliphatic carbocycles. The summed E-state index contributed by atoms with van der Waals surface area (Å²) < 4.78 is 10.7. The first kappa shape index (κ1) is 19.1. The number of carboxylic acid groups (broad SMARTS) is 1. The van der Waals surface area contributed by atoms with Gasteiger partial charge in [-0.2, -0.15) is 0 Å². The fraction of sp³-hybridized carbons (Fsp3) is 0.579. The van der Waals surface area contributed by atoms with Crippen molar-refractivity contribution >= 4 is 12.1 Å². The molecule has 0 aromatic heterocycles. The molecule has 1 aliphatic heterocycles. The second kappa shape index (κ2) is 7.76. The number of rotatable bonds is 4. The molecule has 0 spiro atoms. The smallest absolute Gasteiger partial charge is 0.410 e. The Kier molecular flexibility index (Phi) is 5.93. The van der Waals surface area contributed by atoms with E-state index in [0.717, 1.165) is 18.4 Å². The number of carbonyl (C=O) groups excluding carboxylic acids is 1. The lowest BCUT2D eigenvalue weighted by Crippen LogP contribution is -2.42. The highest BCUT2D eigenvalue weighted by Gasteiger charge is 2.28. The summed E-state index contributed by atoms with van der Waals surface area (Å²) in [5.74, 6) is -0.153.